The van der Waals surface area contributed by atoms with Crippen molar-refractivity contribution in [3.8, 4) is 5.75 Å². The molecule has 3 saturated heterocycles. The Bertz CT molecular complexity index is 1020. The van der Waals surface area contributed by atoms with Gasteiger partial charge in [0, 0.05) is 37.5 Å². The summed E-state index contributed by atoms with van der Waals surface area (Å²) in [5.41, 5.74) is 0.563. The minimum absolute atomic E-state index is 0.111. The van der Waals surface area contributed by atoms with E-state index in [0.29, 0.717) is 43.0 Å². The first-order valence-electron chi connectivity index (χ1n) is 11.7. The van der Waals surface area contributed by atoms with Gasteiger partial charge in [-0.3, -0.25) is 0 Å². The minimum atomic E-state index is -4.40. The van der Waals surface area contributed by atoms with E-state index in [-0.39, 0.29) is 18.2 Å². The SMILES string of the molecule is Cc1ccc(O[C@H]2C[C@H]3CC[C@@H](C2)N3c2ccc(C(F)(F)F)cn2)c(C(=O)OC2CCCO2)c1. The monoisotopic (exact) mass is 476 g/mol. The van der Waals surface area contributed by atoms with Crippen molar-refractivity contribution in [2.75, 3.05) is 11.5 Å². The molecule has 0 spiro atoms. The molecule has 1 aromatic heterocycles. The number of pyridine rings is 1. The Morgan fingerprint density at radius 3 is 2.50 bits per heavy atom. The fraction of sp³-hybridized carbons (Fsp3) is 0.520. The number of piperidine rings is 1. The highest BCUT2D eigenvalue weighted by molar-refractivity contribution is 5.92. The van der Waals surface area contributed by atoms with Gasteiger partial charge in [0.15, 0.2) is 0 Å². The number of alkyl halides is 3. The maximum Gasteiger partial charge on any atom is 0.417 e. The summed E-state index contributed by atoms with van der Waals surface area (Å²) in [6, 6.07) is 8.25. The fourth-order valence-corrected chi connectivity index (χ4v) is 5.21. The highest BCUT2D eigenvalue weighted by atomic mass is 19.4. The number of hydrogen-bond acceptors (Lipinski definition) is 6. The lowest BCUT2D eigenvalue weighted by atomic mass is 9.99. The number of aromatic nitrogens is 1. The first-order valence-corrected chi connectivity index (χ1v) is 11.7. The van der Waals surface area contributed by atoms with E-state index in [2.05, 4.69) is 9.88 Å². The highest BCUT2D eigenvalue weighted by Crippen LogP contribution is 2.41. The second-order valence-electron chi connectivity index (χ2n) is 9.25. The molecule has 1 aromatic carbocycles. The van der Waals surface area contributed by atoms with Crippen LogP contribution in [0.4, 0.5) is 19.0 Å². The first-order chi connectivity index (χ1) is 16.3. The number of nitrogens with zero attached hydrogens (tertiary/aromatic N) is 2. The Morgan fingerprint density at radius 1 is 1.12 bits per heavy atom. The lowest BCUT2D eigenvalue weighted by Crippen LogP contribution is -2.47. The Balaban J connectivity index is 1.28. The standard InChI is InChI=1S/C25H27F3N2O4/c1-15-4-8-21(20(11-15)24(31)34-23-3-2-10-32-23)33-19-12-17-6-7-18(13-19)30(17)22-9-5-16(14-29-22)25(26,27)28/h4-5,8-9,11,14,17-19,23H,2-3,6-7,10,12-13H2,1H3/t17-,18+,19+,23?. The number of benzene rings is 1. The van der Waals surface area contributed by atoms with Gasteiger partial charge in [-0.15, -0.1) is 0 Å². The van der Waals surface area contributed by atoms with Gasteiger partial charge in [0.25, 0.3) is 0 Å². The zero-order chi connectivity index (χ0) is 23.9. The van der Waals surface area contributed by atoms with Gasteiger partial charge in [0.1, 0.15) is 23.2 Å². The number of rotatable bonds is 5. The van der Waals surface area contributed by atoms with E-state index >= 15 is 0 Å². The Kier molecular flexibility index (Phi) is 6.14. The lowest BCUT2D eigenvalue weighted by molar-refractivity contribution is -0.137. The maximum absolute atomic E-state index is 12.9. The van der Waals surface area contributed by atoms with Gasteiger partial charge in [0.05, 0.1) is 12.2 Å². The van der Waals surface area contributed by atoms with Crippen molar-refractivity contribution < 1.29 is 32.2 Å². The molecule has 3 fully saturated rings. The molecule has 3 aliphatic rings. The van der Waals surface area contributed by atoms with Crippen LogP contribution in [-0.2, 0) is 15.7 Å². The van der Waals surface area contributed by atoms with Crippen LogP contribution in [0.25, 0.3) is 0 Å². The third kappa shape index (κ3) is 4.71. The first kappa shape index (κ1) is 23.0. The molecule has 0 N–H and O–H groups in total. The number of esters is 1. The summed E-state index contributed by atoms with van der Waals surface area (Å²) in [7, 11) is 0. The number of ether oxygens (including phenoxy) is 3. The Hall–Kier alpha value is -2.81. The van der Waals surface area contributed by atoms with Crippen LogP contribution in [-0.4, -0.2) is 42.0 Å². The van der Waals surface area contributed by atoms with Crippen molar-refractivity contribution in [1.29, 1.82) is 0 Å². The summed E-state index contributed by atoms with van der Waals surface area (Å²) in [5, 5.41) is 0. The van der Waals surface area contributed by atoms with Crippen molar-refractivity contribution in [2.24, 2.45) is 0 Å². The largest absolute Gasteiger partial charge is 0.489 e. The topological polar surface area (TPSA) is 60.9 Å². The maximum atomic E-state index is 12.9. The third-order valence-electron chi connectivity index (χ3n) is 6.80. The molecule has 2 bridgehead atoms. The van der Waals surface area contributed by atoms with Crippen LogP contribution in [0.3, 0.4) is 0 Å². The Morgan fingerprint density at radius 2 is 1.88 bits per heavy atom. The average molecular weight is 476 g/mol. The average Bonchev–Trinajstić information content (AvgIpc) is 3.40. The van der Waals surface area contributed by atoms with Crippen LogP contribution >= 0.6 is 0 Å². The van der Waals surface area contributed by atoms with Crippen LogP contribution in [0.5, 0.6) is 5.75 Å². The number of hydrogen-bond donors (Lipinski definition) is 0. The van der Waals surface area contributed by atoms with Crippen LogP contribution in [0, 0.1) is 6.92 Å². The molecular weight excluding hydrogens is 449 g/mol. The smallest absolute Gasteiger partial charge is 0.417 e. The number of anilines is 1. The second kappa shape index (κ2) is 9.09. The zero-order valence-corrected chi connectivity index (χ0v) is 18.9. The highest BCUT2D eigenvalue weighted by Gasteiger charge is 2.43. The van der Waals surface area contributed by atoms with Gasteiger partial charge in [-0.2, -0.15) is 13.2 Å². The third-order valence-corrected chi connectivity index (χ3v) is 6.80. The molecule has 0 saturated carbocycles. The summed E-state index contributed by atoms with van der Waals surface area (Å²) in [6.45, 7) is 2.49. The lowest BCUT2D eigenvalue weighted by Gasteiger charge is -2.40. The fourth-order valence-electron chi connectivity index (χ4n) is 5.21. The van der Waals surface area contributed by atoms with Gasteiger partial charge in [-0.05, 0) is 50.5 Å². The van der Waals surface area contributed by atoms with E-state index in [1.165, 1.54) is 6.07 Å². The van der Waals surface area contributed by atoms with Gasteiger partial charge in [-0.25, -0.2) is 9.78 Å². The van der Waals surface area contributed by atoms with E-state index in [1.54, 1.807) is 12.1 Å². The van der Waals surface area contributed by atoms with Crippen molar-refractivity contribution >= 4 is 11.8 Å². The molecule has 9 heteroatoms. The summed E-state index contributed by atoms with van der Waals surface area (Å²) in [4.78, 5) is 19.0. The normalized spacial score (nSPS) is 26.5. The summed E-state index contributed by atoms with van der Waals surface area (Å²) in [6.07, 6.45) is 0.677. The van der Waals surface area contributed by atoms with Gasteiger partial charge in [0.2, 0.25) is 6.29 Å². The number of halogens is 3. The summed E-state index contributed by atoms with van der Waals surface area (Å²) in [5.74, 6) is 0.592. The molecule has 4 atom stereocenters. The Labute approximate surface area is 196 Å². The van der Waals surface area contributed by atoms with Gasteiger partial charge < -0.3 is 19.1 Å². The summed E-state index contributed by atoms with van der Waals surface area (Å²) >= 11 is 0. The molecule has 5 rings (SSSR count). The van der Waals surface area contributed by atoms with Crippen LogP contribution in [0.1, 0.15) is 60.0 Å². The zero-order valence-electron chi connectivity index (χ0n) is 18.9. The van der Waals surface area contributed by atoms with Crippen LogP contribution < -0.4 is 9.64 Å². The van der Waals surface area contributed by atoms with E-state index in [4.69, 9.17) is 14.2 Å². The molecule has 3 aliphatic heterocycles. The second-order valence-corrected chi connectivity index (χ2v) is 9.25. The van der Waals surface area contributed by atoms with Crippen LogP contribution in [0.2, 0.25) is 0 Å². The van der Waals surface area contributed by atoms with Crippen molar-refractivity contribution in [3.05, 3.63) is 53.2 Å². The number of aryl methyl sites for hydroxylation is 1. The molecule has 4 heterocycles. The number of carbonyl (C=O) groups excluding carboxylic acids is 1. The van der Waals surface area contributed by atoms with Crippen LogP contribution in [0.15, 0.2) is 36.5 Å². The van der Waals surface area contributed by atoms with Crippen molar-refractivity contribution in [1.82, 2.24) is 4.98 Å². The van der Waals surface area contributed by atoms with Gasteiger partial charge >= 0.3 is 12.1 Å². The number of fused-ring (bicyclic) bond motifs is 2. The molecular formula is C25H27F3N2O4. The predicted molar refractivity (Wildman–Crippen MR) is 118 cm³/mol. The van der Waals surface area contributed by atoms with E-state index in [1.807, 2.05) is 13.0 Å². The predicted octanol–water partition coefficient (Wildman–Crippen LogP) is 5.28. The molecule has 1 unspecified atom stereocenters. The summed E-state index contributed by atoms with van der Waals surface area (Å²) < 4.78 is 56.0. The molecule has 0 aliphatic carbocycles. The van der Waals surface area contributed by atoms with Gasteiger partial charge in [-0.1, -0.05) is 11.6 Å². The molecule has 182 valence electrons. The van der Waals surface area contributed by atoms with E-state index in [0.717, 1.165) is 37.1 Å². The van der Waals surface area contributed by atoms with Crippen molar-refractivity contribution in [2.45, 2.75) is 76.1 Å². The van der Waals surface area contributed by atoms with Crippen molar-refractivity contribution in [3.63, 3.8) is 0 Å². The minimum Gasteiger partial charge on any atom is -0.489 e. The number of carbonyl (C=O) groups is 1. The van der Waals surface area contributed by atoms with E-state index < -0.39 is 24.0 Å². The quantitative estimate of drug-likeness (QED) is 0.547. The molecule has 2 aromatic rings. The molecule has 0 amide bonds. The molecule has 6 nitrogen and oxygen atoms in total. The van der Waals surface area contributed by atoms with E-state index in [9.17, 15) is 18.0 Å². The molecule has 0 radical (unpaired) electrons. The molecule has 34 heavy (non-hydrogen) atoms.